The molecule has 2 aromatic carbocycles. The summed E-state index contributed by atoms with van der Waals surface area (Å²) >= 11 is 1.52. The largest absolute Gasteiger partial charge is 0.335 e. The first kappa shape index (κ1) is 19.5. The SMILES string of the molecule is Cc1ccc(C(=O)N2CCN(C(=O)c3ccc(-n4cnc5ccccc54)cc3)CC2)s1. The summed E-state index contributed by atoms with van der Waals surface area (Å²) in [4.78, 5) is 35.6. The van der Waals surface area contributed by atoms with E-state index in [0.717, 1.165) is 26.5 Å². The molecule has 31 heavy (non-hydrogen) atoms. The van der Waals surface area contributed by atoms with Crippen molar-refractivity contribution in [1.29, 1.82) is 0 Å². The summed E-state index contributed by atoms with van der Waals surface area (Å²) < 4.78 is 2.01. The Morgan fingerprint density at radius 2 is 1.52 bits per heavy atom. The Morgan fingerprint density at radius 3 is 2.19 bits per heavy atom. The number of nitrogens with zero attached hydrogens (tertiary/aromatic N) is 4. The summed E-state index contributed by atoms with van der Waals surface area (Å²) in [5, 5.41) is 0. The van der Waals surface area contributed by atoms with E-state index in [0.29, 0.717) is 31.7 Å². The molecule has 2 amide bonds. The molecule has 5 rings (SSSR count). The van der Waals surface area contributed by atoms with E-state index in [4.69, 9.17) is 0 Å². The summed E-state index contributed by atoms with van der Waals surface area (Å²) in [6.07, 6.45) is 1.80. The van der Waals surface area contributed by atoms with Gasteiger partial charge in [0.05, 0.1) is 15.9 Å². The maximum absolute atomic E-state index is 13.0. The summed E-state index contributed by atoms with van der Waals surface area (Å²) in [6, 6.07) is 19.4. The lowest BCUT2D eigenvalue weighted by Gasteiger charge is -2.34. The van der Waals surface area contributed by atoms with Gasteiger partial charge < -0.3 is 9.80 Å². The average Bonchev–Trinajstić information content (AvgIpc) is 3.45. The van der Waals surface area contributed by atoms with Crippen LogP contribution in [0.4, 0.5) is 0 Å². The molecule has 4 aromatic rings. The van der Waals surface area contributed by atoms with E-state index in [1.165, 1.54) is 11.3 Å². The molecule has 0 unspecified atom stereocenters. The Labute approximate surface area is 184 Å². The van der Waals surface area contributed by atoms with Gasteiger partial charge in [-0.15, -0.1) is 11.3 Å². The quantitative estimate of drug-likeness (QED) is 0.494. The minimum absolute atomic E-state index is 0.00102. The van der Waals surface area contributed by atoms with Gasteiger partial charge in [0, 0.05) is 42.3 Å². The number of para-hydroxylation sites is 2. The van der Waals surface area contributed by atoms with Crippen molar-refractivity contribution in [2.75, 3.05) is 26.2 Å². The Bertz CT molecular complexity index is 1250. The predicted molar refractivity (Wildman–Crippen MR) is 122 cm³/mol. The van der Waals surface area contributed by atoms with Crippen molar-refractivity contribution in [2.24, 2.45) is 0 Å². The minimum Gasteiger partial charge on any atom is -0.335 e. The number of amides is 2. The van der Waals surface area contributed by atoms with Crippen molar-refractivity contribution >= 4 is 34.2 Å². The number of fused-ring (bicyclic) bond motifs is 1. The van der Waals surface area contributed by atoms with Crippen molar-refractivity contribution < 1.29 is 9.59 Å². The molecule has 1 aliphatic rings. The molecule has 6 nitrogen and oxygen atoms in total. The van der Waals surface area contributed by atoms with E-state index >= 15 is 0 Å². The molecule has 2 aromatic heterocycles. The van der Waals surface area contributed by atoms with Gasteiger partial charge in [0.2, 0.25) is 0 Å². The first-order chi connectivity index (χ1) is 15.1. The Kier molecular flexibility index (Phi) is 5.03. The fourth-order valence-electron chi connectivity index (χ4n) is 3.93. The number of hydrogen-bond acceptors (Lipinski definition) is 4. The number of imidazole rings is 1. The third-order valence-electron chi connectivity index (χ3n) is 5.65. The topological polar surface area (TPSA) is 58.4 Å². The highest BCUT2D eigenvalue weighted by Crippen LogP contribution is 2.20. The van der Waals surface area contributed by atoms with Crippen LogP contribution in [0.25, 0.3) is 16.7 Å². The molecule has 0 N–H and O–H groups in total. The van der Waals surface area contributed by atoms with E-state index in [2.05, 4.69) is 4.98 Å². The molecule has 0 aliphatic carbocycles. The maximum Gasteiger partial charge on any atom is 0.264 e. The average molecular weight is 431 g/mol. The van der Waals surface area contributed by atoms with Gasteiger partial charge in [-0.05, 0) is 55.5 Å². The lowest BCUT2D eigenvalue weighted by molar-refractivity contribution is 0.0538. The van der Waals surface area contributed by atoms with E-state index < -0.39 is 0 Å². The van der Waals surface area contributed by atoms with Crippen LogP contribution in [0.15, 0.2) is 67.0 Å². The number of rotatable bonds is 3. The highest BCUT2D eigenvalue weighted by Gasteiger charge is 2.26. The number of thiophene rings is 1. The van der Waals surface area contributed by atoms with Crippen molar-refractivity contribution in [3.05, 3.63) is 82.3 Å². The van der Waals surface area contributed by atoms with E-state index in [1.807, 2.05) is 82.0 Å². The summed E-state index contributed by atoms with van der Waals surface area (Å²) in [7, 11) is 0. The second kappa shape index (κ2) is 8.00. The van der Waals surface area contributed by atoms with Crippen molar-refractivity contribution in [3.8, 4) is 5.69 Å². The standard InChI is InChI=1S/C24H22N4O2S/c1-17-6-11-22(31-17)24(30)27-14-12-26(13-15-27)23(29)18-7-9-19(10-8-18)28-16-25-20-4-2-3-5-21(20)28/h2-11,16H,12-15H2,1H3. The predicted octanol–water partition coefficient (Wildman–Crippen LogP) is 3.99. The zero-order valence-corrected chi connectivity index (χ0v) is 18.0. The van der Waals surface area contributed by atoms with Gasteiger partial charge in [0.15, 0.2) is 0 Å². The van der Waals surface area contributed by atoms with E-state index in [-0.39, 0.29) is 11.8 Å². The van der Waals surface area contributed by atoms with Gasteiger partial charge >= 0.3 is 0 Å². The van der Waals surface area contributed by atoms with Crippen LogP contribution >= 0.6 is 11.3 Å². The van der Waals surface area contributed by atoms with Crippen molar-refractivity contribution in [2.45, 2.75) is 6.92 Å². The molecule has 1 fully saturated rings. The van der Waals surface area contributed by atoms with Crippen LogP contribution in [-0.2, 0) is 0 Å². The zero-order chi connectivity index (χ0) is 21.4. The number of carbonyl (C=O) groups is 2. The lowest BCUT2D eigenvalue weighted by Crippen LogP contribution is -2.50. The lowest BCUT2D eigenvalue weighted by atomic mass is 10.1. The maximum atomic E-state index is 13.0. The molecule has 0 radical (unpaired) electrons. The highest BCUT2D eigenvalue weighted by molar-refractivity contribution is 7.13. The van der Waals surface area contributed by atoms with Crippen LogP contribution in [-0.4, -0.2) is 57.3 Å². The van der Waals surface area contributed by atoms with Gasteiger partial charge in [0.1, 0.15) is 6.33 Å². The highest BCUT2D eigenvalue weighted by atomic mass is 32.1. The van der Waals surface area contributed by atoms with Crippen LogP contribution in [0.3, 0.4) is 0 Å². The van der Waals surface area contributed by atoms with Gasteiger partial charge in [-0.1, -0.05) is 12.1 Å². The fourth-order valence-corrected chi connectivity index (χ4v) is 4.77. The molecule has 156 valence electrons. The summed E-state index contributed by atoms with van der Waals surface area (Å²) in [5.74, 6) is 0.0585. The molecule has 0 saturated carbocycles. The summed E-state index contributed by atoms with van der Waals surface area (Å²) in [5.41, 5.74) is 3.59. The van der Waals surface area contributed by atoms with Gasteiger partial charge in [-0.2, -0.15) is 0 Å². The fraction of sp³-hybridized carbons (Fsp3) is 0.208. The molecule has 0 atom stereocenters. The molecule has 3 heterocycles. The molecule has 1 aliphatic heterocycles. The summed E-state index contributed by atoms with van der Waals surface area (Å²) in [6.45, 7) is 4.20. The first-order valence-corrected chi connectivity index (χ1v) is 11.1. The van der Waals surface area contributed by atoms with Crippen LogP contribution in [0.1, 0.15) is 24.9 Å². The zero-order valence-electron chi connectivity index (χ0n) is 17.2. The third kappa shape index (κ3) is 3.72. The van der Waals surface area contributed by atoms with Gasteiger partial charge in [-0.25, -0.2) is 4.98 Å². The van der Waals surface area contributed by atoms with Crippen LogP contribution < -0.4 is 0 Å². The minimum atomic E-state index is 0.00102. The van der Waals surface area contributed by atoms with Crippen molar-refractivity contribution in [3.63, 3.8) is 0 Å². The Morgan fingerprint density at radius 1 is 0.839 bits per heavy atom. The molecule has 0 spiro atoms. The second-order valence-corrected chi connectivity index (χ2v) is 8.93. The van der Waals surface area contributed by atoms with E-state index in [9.17, 15) is 9.59 Å². The van der Waals surface area contributed by atoms with Crippen LogP contribution in [0.5, 0.6) is 0 Å². The number of hydrogen-bond donors (Lipinski definition) is 0. The smallest absolute Gasteiger partial charge is 0.264 e. The van der Waals surface area contributed by atoms with Crippen LogP contribution in [0.2, 0.25) is 0 Å². The molecule has 0 bridgehead atoms. The van der Waals surface area contributed by atoms with Gasteiger partial charge in [0.25, 0.3) is 11.8 Å². The first-order valence-electron chi connectivity index (χ1n) is 10.3. The number of piperazine rings is 1. The number of aromatic nitrogens is 2. The monoisotopic (exact) mass is 430 g/mol. The third-order valence-corrected chi connectivity index (χ3v) is 6.64. The van der Waals surface area contributed by atoms with E-state index in [1.54, 1.807) is 6.33 Å². The Balaban J connectivity index is 1.25. The number of benzene rings is 2. The van der Waals surface area contributed by atoms with Gasteiger partial charge in [-0.3, -0.25) is 14.2 Å². The molecular formula is C24H22N4O2S. The number of carbonyl (C=O) groups excluding carboxylic acids is 2. The molecule has 7 heteroatoms. The number of aryl methyl sites for hydroxylation is 1. The van der Waals surface area contributed by atoms with Crippen LogP contribution in [0, 0.1) is 6.92 Å². The molecular weight excluding hydrogens is 408 g/mol. The normalized spacial score (nSPS) is 14.2. The Hall–Kier alpha value is -3.45. The van der Waals surface area contributed by atoms with Crippen molar-refractivity contribution in [1.82, 2.24) is 19.4 Å². The molecule has 1 saturated heterocycles. The second-order valence-electron chi connectivity index (χ2n) is 7.64.